The van der Waals surface area contributed by atoms with Gasteiger partial charge in [-0.25, -0.2) is 9.59 Å². The van der Waals surface area contributed by atoms with Crippen LogP contribution in [0.15, 0.2) is 59.0 Å². The Morgan fingerprint density at radius 1 is 1.00 bits per heavy atom. The number of hydrogen-bond acceptors (Lipinski definition) is 8. The van der Waals surface area contributed by atoms with Crippen molar-refractivity contribution in [3.05, 3.63) is 82.1 Å². The molecule has 0 bridgehead atoms. The number of esters is 2. The molecule has 0 saturated heterocycles. The van der Waals surface area contributed by atoms with Gasteiger partial charge in [0.05, 0.1) is 19.3 Å². The Morgan fingerprint density at radius 2 is 1.77 bits per heavy atom. The van der Waals surface area contributed by atoms with E-state index in [1.807, 2.05) is 42.5 Å². The Balaban J connectivity index is 1.50. The second kappa shape index (κ2) is 10.4. The molecule has 4 rings (SSSR count). The molecular formula is C26H23NO7S. The molecule has 0 radical (unpaired) electrons. The van der Waals surface area contributed by atoms with Crippen LogP contribution in [0, 0.1) is 6.92 Å². The first-order valence-corrected chi connectivity index (χ1v) is 11.6. The van der Waals surface area contributed by atoms with E-state index in [-0.39, 0.29) is 34.4 Å². The van der Waals surface area contributed by atoms with Crippen molar-refractivity contribution in [1.29, 1.82) is 0 Å². The van der Waals surface area contributed by atoms with Crippen molar-refractivity contribution >= 4 is 45.0 Å². The van der Waals surface area contributed by atoms with Gasteiger partial charge in [0.1, 0.15) is 28.0 Å². The van der Waals surface area contributed by atoms with Crippen molar-refractivity contribution in [2.75, 3.05) is 19.0 Å². The van der Waals surface area contributed by atoms with Crippen molar-refractivity contribution in [1.82, 2.24) is 0 Å². The summed E-state index contributed by atoms with van der Waals surface area (Å²) < 4.78 is 21.5. The first kappa shape index (κ1) is 24.0. The maximum atomic E-state index is 12.8. The average Bonchev–Trinajstić information content (AvgIpc) is 3.47. The first-order chi connectivity index (χ1) is 16.9. The van der Waals surface area contributed by atoms with Gasteiger partial charge in [-0.2, -0.15) is 0 Å². The zero-order chi connectivity index (χ0) is 24.9. The van der Waals surface area contributed by atoms with E-state index < -0.39 is 17.8 Å². The number of hydrogen-bond donors (Lipinski definition) is 1. The van der Waals surface area contributed by atoms with Crippen molar-refractivity contribution in [2.45, 2.75) is 20.5 Å². The maximum Gasteiger partial charge on any atom is 0.348 e. The lowest BCUT2D eigenvalue weighted by Crippen LogP contribution is -2.13. The zero-order valence-electron chi connectivity index (χ0n) is 19.4. The summed E-state index contributed by atoms with van der Waals surface area (Å²) >= 11 is 0.943. The molecule has 0 saturated carbocycles. The molecule has 4 aromatic rings. The monoisotopic (exact) mass is 493 g/mol. The minimum absolute atomic E-state index is 0.0288. The topological polar surface area (TPSA) is 104 Å². The maximum absolute atomic E-state index is 12.8. The Hall–Kier alpha value is -4.11. The van der Waals surface area contributed by atoms with Crippen molar-refractivity contribution < 1.29 is 33.0 Å². The van der Waals surface area contributed by atoms with Crippen LogP contribution in [0.4, 0.5) is 5.00 Å². The summed E-state index contributed by atoms with van der Waals surface area (Å²) in [5, 5.41) is 4.85. The van der Waals surface area contributed by atoms with Gasteiger partial charge >= 0.3 is 11.9 Å². The first-order valence-electron chi connectivity index (χ1n) is 10.8. The number of thiophene rings is 1. The fraction of sp³-hybridized carbons (Fsp3) is 0.192. The lowest BCUT2D eigenvalue weighted by molar-refractivity contribution is 0.0531. The largest absolute Gasteiger partial charge is 0.485 e. The fourth-order valence-electron chi connectivity index (χ4n) is 3.55. The quantitative estimate of drug-likeness (QED) is 0.319. The average molecular weight is 494 g/mol. The normalized spacial score (nSPS) is 10.7. The number of fused-ring (bicyclic) bond motifs is 1. The molecule has 2 aromatic heterocycles. The number of benzene rings is 2. The highest BCUT2D eigenvalue weighted by atomic mass is 32.1. The SMILES string of the molecule is CCOC(=O)c1sc(NC(=O)c2ccc(COc3cccc4ccccc34)o2)c(C(=O)OC)c1C. The Morgan fingerprint density at radius 3 is 2.54 bits per heavy atom. The van der Waals surface area contributed by atoms with E-state index in [0.29, 0.717) is 17.1 Å². The zero-order valence-corrected chi connectivity index (χ0v) is 20.2. The molecule has 9 heteroatoms. The van der Waals surface area contributed by atoms with E-state index in [4.69, 9.17) is 18.6 Å². The highest BCUT2D eigenvalue weighted by Gasteiger charge is 2.27. The number of carbonyl (C=O) groups excluding carboxylic acids is 3. The molecule has 1 amide bonds. The van der Waals surface area contributed by atoms with E-state index in [9.17, 15) is 14.4 Å². The molecule has 0 aliphatic heterocycles. The summed E-state index contributed by atoms with van der Waals surface area (Å²) in [6, 6.07) is 16.8. The number of carbonyl (C=O) groups is 3. The molecule has 0 atom stereocenters. The van der Waals surface area contributed by atoms with Crippen molar-refractivity contribution in [3.8, 4) is 5.75 Å². The molecule has 8 nitrogen and oxygen atoms in total. The smallest absolute Gasteiger partial charge is 0.348 e. The minimum atomic E-state index is -0.673. The number of amides is 1. The summed E-state index contributed by atoms with van der Waals surface area (Å²) in [6.07, 6.45) is 0. The van der Waals surface area contributed by atoms with Gasteiger partial charge in [-0.15, -0.1) is 11.3 Å². The van der Waals surface area contributed by atoms with Gasteiger partial charge in [-0.1, -0.05) is 36.4 Å². The lowest BCUT2D eigenvalue weighted by Gasteiger charge is -2.08. The van der Waals surface area contributed by atoms with Gasteiger partial charge in [-0.3, -0.25) is 4.79 Å². The number of ether oxygens (including phenoxy) is 3. The van der Waals surface area contributed by atoms with Gasteiger partial charge < -0.3 is 23.9 Å². The standard InChI is InChI=1S/C26H23NO7S/c1-4-32-26(30)22-15(2)21(25(29)31-3)24(35-22)27-23(28)20-13-12-17(34-20)14-33-19-11-7-9-16-8-5-6-10-18(16)19/h5-13H,4,14H2,1-3H3,(H,27,28). The van der Waals surface area contributed by atoms with Crippen LogP contribution >= 0.6 is 11.3 Å². The summed E-state index contributed by atoms with van der Waals surface area (Å²) in [4.78, 5) is 37.7. The number of rotatable bonds is 8. The molecule has 0 spiro atoms. The number of furan rings is 1. The highest BCUT2D eigenvalue weighted by Crippen LogP contribution is 2.34. The van der Waals surface area contributed by atoms with Gasteiger partial charge in [-0.05, 0) is 43.0 Å². The third-order valence-electron chi connectivity index (χ3n) is 5.23. The van der Waals surface area contributed by atoms with Crippen molar-refractivity contribution in [3.63, 3.8) is 0 Å². The number of methoxy groups -OCH3 is 1. The number of nitrogens with one attached hydrogen (secondary N) is 1. The van der Waals surface area contributed by atoms with Crippen LogP contribution < -0.4 is 10.1 Å². The van der Waals surface area contributed by atoms with E-state index >= 15 is 0 Å². The summed E-state index contributed by atoms with van der Waals surface area (Å²) in [7, 11) is 1.23. The van der Waals surface area contributed by atoms with Gasteiger partial charge in [0.15, 0.2) is 5.76 Å². The Labute approximate surface area is 205 Å². The molecular weight excluding hydrogens is 470 g/mol. The second-order valence-electron chi connectivity index (χ2n) is 7.46. The molecule has 35 heavy (non-hydrogen) atoms. The Kier molecular flexibility index (Phi) is 7.17. The molecule has 180 valence electrons. The van der Waals surface area contributed by atoms with E-state index in [1.165, 1.54) is 13.2 Å². The summed E-state index contributed by atoms with van der Waals surface area (Å²) in [5.41, 5.74) is 0.471. The van der Waals surface area contributed by atoms with Crippen LogP contribution in [0.2, 0.25) is 0 Å². The van der Waals surface area contributed by atoms with Crippen molar-refractivity contribution in [2.24, 2.45) is 0 Å². The summed E-state index contributed by atoms with van der Waals surface area (Å²) in [6.45, 7) is 3.59. The molecule has 2 heterocycles. The third kappa shape index (κ3) is 5.04. The molecule has 0 aliphatic rings. The molecule has 0 fully saturated rings. The summed E-state index contributed by atoms with van der Waals surface area (Å²) in [5.74, 6) is -0.649. The van der Waals surface area contributed by atoms with Gasteiger partial charge in [0.2, 0.25) is 0 Å². The minimum Gasteiger partial charge on any atom is -0.485 e. The van der Waals surface area contributed by atoms with Crippen LogP contribution in [-0.4, -0.2) is 31.6 Å². The van der Waals surface area contributed by atoms with E-state index in [1.54, 1.807) is 19.9 Å². The molecule has 1 N–H and O–H groups in total. The molecule has 2 aromatic carbocycles. The Bertz CT molecular complexity index is 1400. The van der Waals surface area contributed by atoms with Crippen LogP contribution in [-0.2, 0) is 16.1 Å². The molecule has 0 aliphatic carbocycles. The van der Waals surface area contributed by atoms with Gasteiger partial charge in [0.25, 0.3) is 5.91 Å². The fourth-order valence-corrected chi connectivity index (χ4v) is 4.64. The van der Waals surface area contributed by atoms with E-state index in [0.717, 1.165) is 22.1 Å². The van der Waals surface area contributed by atoms with Crippen LogP contribution in [0.5, 0.6) is 5.75 Å². The van der Waals surface area contributed by atoms with Crippen LogP contribution in [0.1, 0.15) is 48.8 Å². The van der Waals surface area contributed by atoms with Gasteiger partial charge in [0, 0.05) is 5.39 Å². The van der Waals surface area contributed by atoms with Crippen LogP contribution in [0.3, 0.4) is 0 Å². The number of anilines is 1. The van der Waals surface area contributed by atoms with E-state index in [2.05, 4.69) is 5.32 Å². The predicted octanol–water partition coefficient (Wildman–Crippen LogP) is 5.60. The highest BCUT2D eigenvalue weighted by molar-refractivity contribution is 7.18. The van der Waals surface area contributed by atoms with Crippen LogP contribution in [0.25, 0.3) is 10.8 Å². The lowest BCUT2D eigenvalue weighted by atomic mass is 10.1. The second-order valence-corrected chi connectivity index (χ2v) is 8.48. The predicted molar refractivity (Wildman–Crippen MR) is 131 cm³/mol. The molecule has 0 unspecified atom stereocenters. The third-order valence-corrected chi connectivity index (χ3v) is 6.42.